The molecular weight excluding hydrogens is 274 g/mol. The van der Waals surface area contributed by atoms with E-state index in [0.717, 1.165) is 16.7 Å². The highest BCUT2D eigenvalue weighted by molar-refractivity contribution is 5.72. The number of hydrogen-bond donors (Lipinski definition) is 1. The van der Waals surface area contributed by atoms with Gasteiger partial charge in [0.25, 0.3) is 0 Å². The lowest BCUT2D eigenvalue weighted by Gasteiger charge is -2.26. The Hall–Kier alpha value is -2.13. The molecule has 0 aromatic heterocycles. The summed E-state index contributed by atoms with van der Waals surface area (Å²) < 4.78 is 0. The quantitative estimate of drug-likeness (QED) is 0.918. The topological polar surface area (TPSA) is 40.5 Å². The summed E-state index contributed by atoms with van der Waals surface area (Å²) in [5.74, 6) is 0.00947. The molecule has 0 aliphatic rings. The van der Waals surface area contributed by atoms with Gasteiger partial charge in [-0.3, -0.25) is 4.79 Å². The van der Waals surface area contributed by atoms with Crippen LogP contribution in [-0.2, 0) is 10.4 Å². The number of nitrogens with zero attached hydrogens (tertiary/aromatic N) is 1. The molecule has 1 amide bonds. The van der Waals surface area contributed by atoms with E-state index >= 15 is 0 Å². The zero-order chi connectivity index (χ0) is 16.2. The monoisotopic (exact) mass is 297 g/mol. The number of amides is 1. The van der Waals surface area contributed by atoms with E-state index in [4.69, 9.17) is 0 Å². The third-order valence-corrected chi connectivity index (χ3v) is 4.09. The maximum absolute atomic E-state index is 11.2. The molecule has 0 radical (unpaired) electrons. The van der Waals surface area contributed by atoms with Crippen molar-refractivity contribution in [2.24, 2.45) is 0 Å². The van der Waals surface area contributed by atoms with Crippen molar-refractivity contribution in [2.75, 3.05) is 13.6 Å². The lowest BCUT2D eigenvalue weighted by molar-refractivity contribution is -0.128. The fourth-order valence-electron chi connectivity index (χ4n) is 2.34. The zero-order valence-electron chi connectivity index (χ0n) is 13.4. The third kappa shape index (κ3) is 3.95. The summed E-state index contributed by atoms with van der Waals surface area (Å²) in [5.41, 5.74) is 2.20. The van der Waals surface area contributed by atoms with Crippen LogP contribution in [0.4, 0.5) is 0 Å². The van der Waals surface area contributed by atoms with Gasteiger partial charge in [0.1, 0.15) is 0 Å². The fourth-order valence-corrected chi connectivity index (χ4v) is 2.34. The molecule has 0 fully saturated rings. The van der Waals surface area contributed by atoms with Crippen molar-refractivity contribution < 1.29 is 9.90 Å². The maximum atomic E-state index is 11.2. The molecule has 2 rings (SSSR count). The SMILES string of the molecule is CC(=O)N(C)CCC(C)(O)c1ccc(-c2ccccc2)cc1. The lowest BCUT2D eigenvalue weighted by Crippen LogP contribution is -2.31. The third-order valence-electron chi connectivity index (χ3n) is 4.09. The average Bonchev–Trinajstić information content (AvgIpc) is 2.53. The van der Waals surface area contributed by atoms with Gasteiger partial charge in [0, 0.05) is 20.5 Å². The summed E-state index contributed by atoms with van der Waals surface area (Å²) in [6.07, 6.45) is 0.508. The largest absolute Gasteiger partial charge is 0.385 e. The summed E-state index contributed by atoms with van der Waals surface area (Å²) in [6, 6.07) is 18.1. The second kappa shape index (κ2) is 6.75. The Labute approximate surface area is 132 Å². The number of hydrogen-bond acceptors (Lipinski definition) is 2. The van der Waals surface area contributed by atoms with E-state index in [1.54, 1.807) is 18.9 Å². The second-order valence-electron chi connectivity index (χ2n) is 5.91. The molecule has 0 heterocycles. The van der Waals surface area contributed by atoms with Gasteiger partial charge < -0.3 is 10.0 Å². The van der Waals surface area contributed by atoms with Gasteiger partial charge in [0.2, 0.25) is 5.91 Å². The van der Waals surface area contributed by atoms with Crippen LogP contribution < -0.4 is 0 Å². The van der Waals surface area contributed by atoms with E-state index < -0.39 is 5.60 Å². The van der Waals surface area contributed by atoms with Crippen LogP contribution in [0.2, 0.25) is 0 Å². The summed E-state index contributed by atoms with van der Waals surface area (Å²) >= 11 is 0. The summed E-state index contributed by atoms with van der Waals surface area (Å²) in [4.78, 5) is 12.9. The minimum atomic E-state index is -0.946. The number of carbonyl (C=O) groups excluding carboxylic acids is 1. The first kappa shape index (κ1) is 16.2. The van der Waals surface area contributed by atoms with E-state index in [9.17, 15) is 9.90 Å². The van der Waals surface area contributed by atoms with Gasteiger partial charge in [-0.25, -0.2) is 0 Å². The van der Waals surface area contributed by atoms with E-state index in [1.165, 1.54) is 6.92 Å². The van der Waals surface area contributed by atoms with Gasteiger partial charge in [-0.15, -0.1) is 0 Å². The van der Waals surface area contributed by atoms with Gasteiger partial charge in [-0.1, -0.05) is 54.6 Å². The highest BCUT2D eigenvalue weighted by Gasteiger charge is 2.23. The highest BCUT2D eigenvalue weighted by atomic mass is 16.3. The average molecular weight is 297 g/mol. The Morgan fingerprint density at radius 3 is 2.14 bits per heavy atom. The fraction of sp³-hybridized carbons (Fsp3) is 0.316. The van der Waals surface area contributed by atoms with Crippen molar-refractivity contribution in [1.29, 1.82) is 0 Å². The smallest absolute Gasteiger partial charge is 0.219 e. The van der Waals surface area contributed by atoms with Crippen LogP contribution in [0.1, 0.15) is 25.8 Å². The van der Waals surface area contributed by atoms with Crippen molar-refractivity contribution in [2.45, 2.75) is 25.9 Å². The second-order valence-corrected chi connectivity index (χ2v) is 5.91. The summed E-state index contributed by atoms with van der Waals surface area (Å²) in [5, 5.41) is 10.6. The van der Waals surface area contributed by atoms with Gasteiger partial charge in [-0.2, -0.15) is 0 Å². The van der Waals surface area contributed by atoms with Gasteiger partial charge in [0.05, 0.1) is 5.60 Å². The highest BCUT2D eigenvalue weighted by Crippen LogP contribution is 2.27. The van der Waals surface area contributed by atoms with Crippen LogP contribution in [0.5, 0.6) is 0 Å². The molecule has 1 atom stereocenters. The van der Waals surface area contributed by atoms with E-state index in [2.05, 4.69) is 12.1 Å². The normalized spacial score (nSPS) is 13.5. The Morgan fingerprint density at radius 2 is 1.59 bits per heavy atom. The molecule has 2 aromatic carbocycles. The number of benzene rings is 2. The zero-order valence-corrected chi connectivity index (χ0v) is 13.4. The van der Waals surface area contributed by atoms with Crippen molar-refractivity contribution in [3.8, 4) is 11.1 Å². The van der Waals surface area contributed by atoms with Crippen LogP contribution in [0.3, 0.4) is 0 Å². The maximum Gasteiger partial charge on any atom is 0.219 e. The van der Waals surface area contributed by atoms with Crippen molar-refractivity contribution >= 4 is 5.91 Å². The van der Waals surface area contributed by atoms with Crippen LogP contribution >= 0.6 is 0 Å². The number of rotatable bonds is 5. The predicted molar refractivity (Wildman–Crippen MR) is 89.4 cm³/mol. The van der Waals surface area contributed by atoms with Crippen molar-refractivity contribution in [3.05, 3.63) is 60.2 Å². The Morgan fingerprint density at radius 1 is 1.05 bits per heavy atom. The molecule has 3 nitrogen and oxygen atoms in total. The van der Waals surface area contributed by atoms with Gasteiger partial charge in [0.15, 0.2) is 0 Å². The van der Waals surface area contributed by atoms with Gasteiger partial charge in [-0.05, 0) is 30.0 Å². The van der Waals surface area contributed by atoms with Crippen molar-refractivity contribution in [1.82, 2.24) is 4.90 Å². The number of carbonyl (C=O) groups is 1. The van der Waals surface area contributed by atoms with Gasteiger partial charge >= 0.3 is 0 Å². The summed E-state index contributed by atoms with van der Waals surface area (Å²) in [6.45, 7) is 3.85. The molecule has 0 saturated heterocycles. The van der Waals surface area contributed by atoms with E-state index in [1.807, 2.05) is 42.5 Å². The Bertz CT molecular complexity index is 618. The van der Waals surface area contributed by atoms with Crippen LogP contribution in [0.25, 0.3) is 11.1 Å². The number of aliphatic hydroxyl groups is 1. The van der Waals surface area contributed by atoms with E-state index in [0.29, 0.717) is 13.0 Å². The van der Waals surface area contributed by atoms with Crippen LogP contribution in [-0.4, -0.2) is 29.5 Å². The van der Waals surface area contributed by atoms with Crippen molar-refractivity contribution in [3.63, 3.8) is 0 Å². The van der Waals surface area contributed by atoms with E-state index in [-0.39, 0.29) is 5.91 Å². The first-order valence-corrected chi connectivity index (χ1v) is 7.50. The molecule has 2 aromatic rings. The molecule has 0 bridgehead atoms. The van der Waals surface area contributed by atoms with Crippen LogP contribution in [0, 0.1) is 0 Å². The molecule has 116 valence electrons. The molecule has 0 aliphatic heterocycles. The summed E-state index contributed by atoms with van der Waals surface area (Å²) in [7, 11) is 1.75. The predicted octanol–water partition coefficient (Wildman–Crippen LogP) is 3.43. The Balaban J connectivity index is 2.10. The minimum absolute atomic E-state index is 0.00947. The first-order chi connectivity index (χ1) is 10.4. The molecular formula is C19H23NO2. The molecule has 22 heavy (non-hydrogen) atoms. The lowest BCUT2D eigenvalue weighted by atomic mass is 9.91. The van der Waals surface area contributed by atoms with Crippen LogP contribution in [0.15, 0.2) is 54.6 Å². The molecule has 0 aliphatic carbocycles. The molecule has 1 N–H and O–H groups in total. The Kier molecular flexibility index (Phi) is 4.99. The minimum Gasteiger partial charge on any atom is -0.385 e. The molecule has 3 heteroatoms. The first-order valence-electron chi connectivity index (χ1n) is 7.50. The molecule has 0 spiro atoms. The standard InChI is InChI=1S/C19H23NO2/c1-15(21)20(3)14-13-19(2,22)18-11-9-17(10-12-18)16-7-5-4-6-8-16/h4-12,22H,13-14H2,1-3H3. The molecule has 1 unspecified atom stereocenters. The molecule has 0 saturated carbocycles.